The third-order valence-electron chi connectivity index (χ3n) is 34.0. The molecule has 13 rings (SSSR count). The zero-order valence-corrected chi connectivity index (χ0v) is 83.9. The molecule has 13 aliphatic rings. The maximum Gasteiger partial charge on any atom is 0.336 e. The monoisotopic (exact) mass is 2080 g/mol. The van der Waals surface area contributed by atoms with Gasteiger partial charge in [-0.25, -0.2) is 9.59 Å². The Morgan fingerprint density at radius 1 is 0.483 bits per heavy atom. The number of hydrogen-bond acceptors (Lipinski definition) is 46. The molecule has 8 saturated heterocycles. The highest BCUT2D eigenvalue weighted by molar-refractivity contribution is 5.89. The van der Waals surface area contributed by atoms with Crippen molar-refractivity contribution in [3.05, 3.63) is 60.3 Å². The fourth-order valence-electron chi connectivity index (χ4n) is 24.7. The molecule has 828 valence electrons. The number of aliphatic hydroxyl groups is 24. The van der Waals surface area contributed by atoms with Crippen molar-refractivity contribution in [2.45, 2.75) is 430 Å². The van der Waals surface area contributed by atoms with E-state index in [0.29, 0.717) is 37.7 Å². The molecule has 0 aromatic heterocycles. The lowest BCUT2D eigenvalue weighted by atomic mass is 9.33. The van der Waals surface area contributed by atoms with Crippen LogP contribution in [0, 0.1) is 50.2 Å². The minimum atomic E-state index is -2.30. The summed E-state index contributed by atoms with van der Waals surface area (Å²) in [6.07, 6.45) is -61.2. The SMILES string of the molecule is C=C[C@](C)(O)CC/C=C(\C)C(=O)O[C@H]1[C@H](O)[C@@H](O)[C@H](O[C@](C)(C=C)CC/C=C(\CO)C(=O)O[C@H]2C[C@]3(C(=O)O[C@@H]4O[C@H](CO)[C@H](O)[C@H](O)[C@H]4O[C@@H]4O[C@@H](C)[C@H](O[C@@H]5O[C@@H](CO)[C@H](O)[C@H]5O)[C@@H](O[C@@H]5O[C@H](CO)[C@H](O)[C@H](O)[C@H]5O)[C@H]4O)[C@H](O)C[C@]4(C)C(=CC[C@@H]5[C@@]6(C)CC[C@H](O[C@@H]7O[C@H](CO[C@@H]8O[C@H](CO)[C@H](O)[C@H](O)[C@H]8O[C@@H]8OC[C@@H](O)[C@H](O)[C@H]8O)[C@@H](O)[C@H](O)[C@H]7NC(C)=O)C(C)(C)[C@H]6CC[C@]54C)[C@H]3CC2(C)C)O[C@@H]1C. The number of carbonyl (C=O) groups is 4. The second kappa shape index (κ2) is 46.4. The standard InChI is InChI=1S/C98H155NO46/c1-16-93(11,127)26-18-20-40(3)80(124)139-75-41(4)131-87(73(122)69(75)118)145-94(12,17-2)27-19-21-44(33-100)81(125)137-57-32-98(90(126)144-89-79(68(117)62(111)50(36-103)135-89)143-86-74(123)77(141-85-72(121)66(115)60(109)48(34-101)132-85)76(42(5)130-86)140-84-71(120)63(112)51(37-104)133-84)46(30-91(57,7)8)45-22-23-54-95(13)28-25-56(92(9,10)53(95)24-29-96(54,14)97(45,15)31-55(98)107)138-82-58(99-43(6)105)65(114)64(113)52(136-82)39-129-88-78(67(116)61(110)49(35-102)134-88)142-83-70(119)59(108)47(106)38-128-83/h16-17,20-22,41-42,46-79,82-89,100-104,106-123,127H,1-2,18-19,23-39H2,3-15H3,(H,99,105)/b40-20+,44-21+/t41-,42+,46-,47-,48-,49-,50-,51+,52-,53-,54-,55-,56+,57+,58-,59+,60+,61+,62+,63+,64-,65-,66+,67+,68+,69-,70-,71-,72-,73-,74-,75-,76+,77+,78-,79-,82+,83+,84+,85+,86+,87+,88-,89+,93+,94-,95+,96-,97-,98-/m1/s1. The van der Waals surface area contributed by atoms with Gasteiger partial charge in [-0.05, 0) is 145 Å². The number of ether oxygens (including phenoxy) is 18. The van der Waals surface area contributed by atoms with Gasteiger partial charge in [-0.15, -0.1) is 13.2 Å². The molecule has 25 N–H and O–H groups in total. The zero-order chi connectivity index (χ0) is 107. The van der Waals surface area contributed by atoms with Crippen molar-refractivity contribution in [2.75, 3.05) is 46.2 Å². The van der Waals surface area contributed by atoms with Gasteiger partial charge >= 0.3 is 17.9 Å². The molecule has 4 saturated carbocycles. The third kappa shape index (κ3) is 23.0. The van der Waals surface area contributed by atoms with Crippen LogP contribution in [0.2, 0.25) is 0 Å². The van der Waals surface area contributed by atoms with Gasteiger partial charge in [-0.2, -0.15) is 0 Å². The number of esters is 3. The largest absolute Gasteiger partial charge is 0.458 e. The molecule has 12 fully saturated rings. The number of nitrogens with one attached hydrogen (secondary N) is 1. The van der Waals surface area contributed by atoms with Gasteiger partial charge in [0.25, 0.3) is 0 Å². The van der Waals surface area contributed by atoms with Crippen LogP contribution in [0.3, 0.4) is 0 Å². The van der Waals surface area contributed by atoms with Crippen LogP contribution < -0.4 is 5.32 Å². The van der Waals surface area contributed by atoms with Crippen LogP contribution in [0.1, 0.15) is 167 Å². The Morgan fingerprint density at radius 3 is 1.59 bits per heavy atom. The summed E-state index contributed by atoms with van der Waals surface area (Å²) in [6.45, 7) is 24.4. The molecule has 145 heavy (non-hydrogen) atoms. The molecule has 0 radical (unpaired) electrons. The maximum atomic E-state index is 16.9. The summed E-state index contributed by atoms with van der Waals surface area (Å²) in [5.41, 5.74) is -8.72. The zero-order valence-electron chi connectivity index (χ0n) is 83.9. The summed E-state index contributed by atoms with van der Waals surface area (Å²) in [7, 11) is 0. The highest BCUT2D eigenvalue weighted by atomic mass is 16.8. The lowest BCUT2D eigenvalue weighted by Crippen LogP contribution is -2.70. The van der Waals surface area contributed by atoms with Gasteiger partial charge in [-0.1, -0.05) is 84.4 Å². The molecule has 0 bridgehead atoms. The van der Waals surface area contributed by atoms with Gasteiger partial charge in [-0.3, -0.25) is 9.59 Å². The Bertz CT molecular complexity index is 4490. The van der Waals surface area contributed by atoms with E-state index in [0.717, 1.165) is 0 Å². The van der Waals surface area contributed by atoms with E-state index < -0.39 is 378 Å². The summed E-state index contributed by atoms with van der Waals surface area (Å²) in [4.78, 5) is 58.3. The van der Waals surface area contributed by atoms with Crippen LogP contribution in [-0.4, -0.2) is 456 Å². The van der Waals surface area contributed by atoms with E-state index in [1.54, 1.807) is 33.8 Å². The summed E-state index contributed by atoms with van der Waals surface area (Å²) in [6, 6.07) is -1.41. The predicted molar refractivity (Wildman–Crippen MR) is 490 cm³/mol. The van der Waals surface area contributed by atoms with Crippen molar-refractivity contribution in [2.24, 2.45) is 50.2 Å². The van der Waals surface area contributed by atoms with E-state index in [1.165, 1.54) is 45.9 Å². The van der Waals surface area contributed by atoms with Crippen molar-refractivity contribution in [1.82, 2.24) is 5.32 Å². The van der Waals surface area contributed by atoms with E-state index in [9.17, 15) is 132 Å². The lowest BCUT2D eigenvalue weighted by Gasteiger charge is -2.72. The molecule has 47 nitrogen and oxygen atoms in total. The predicted octanol–water partition coefficient (Wildman–Crippen LogP) is -5.92. The Hall–Kier alpha value is -4.98. The summed E-state index contributed by atoms with van der Waals surface area (Å²) >= 11 is 0. The average Bonchev–Trinajstić information content (AvgIpc) is 0.733. The Kier molecular flexibility index (Phi) is 37.4. The van der Waals surface area contributed by atoms with Crippen molar-refractivity contribution in [3.63, 3.8) is 0 Å². The number of rotatable bonds is 35. The van der Waals surface area contributed by atoms with Crippen LogP contribution in [-0.2, 0) is 104 Å². The molecule has 1 amide bonds. The van der Waals surface area contributed by atoms with Gasteiger partial charge in [0.05, 0.1) is 87.4 Å². The molecule has 0 spiro atoms. The fraction of sp³-hybridized carbons (Fsp3) is 0.857. The summed E-state index contributed by atoms with van der Waals surface area (Å²) in [5.74, 6) is -5.31. The van der Waals surface area contributed by atoms with Crippen LogP contribution >= 0.6 is 0 Å². The number of hydrogen-bond donors (Lipinski definition) is 25. The first-order chi connectivity index (χ1) is 68.0. The maximum absolute atomic E-state index is 16.9. The highest BCUT2D eigenvalue weighted by Crippen LogP contribution is 2.76. The van der Waals surface area contributed by atoms with Gasteiger partial charge in [0.2, 0.25) is 12.2 Å². The molecular formula is C98H155NO46. The number of fused-ring (bicyclic) bond motifs is 7. The molecule has 50 atom stereocenters. The number of aliphatic hydroxyl groups excluding tert-OH is 23. The van der Waals surface area contributed by atoms with Crippen LogP contribution in [0.15, 0.2) is 60.3 Å². The Balaban J connectivity index is 0.788. The summed E-state index contributed by atoms with van der Waals surface area (Å²) < 4.78 is 110. The second-order valence-corrected chi connectivity index (χ2v) is 44.2. The molecule has 8 heterocycles. The second-order valence-electron chi connectivity index (χ2n) is 44.2. The van der Waals surface area contributed by atoms with Gasteiger partial charge in [0, 0.05) is 24.3 Å². The van der Waals surface area contributed by atoms with Gasteiger partial charge < -0.3 is 213 Å². The lowest BCUT2D eigenvalue weighted by molar-refractivity contribution is -0.390. The topological polar surface area (TPSA) is 732 Å². The van der Waals surface area contributed by atoms with Gasteiger partial charge in [0.15, 0.2) is 56.2 Å². The number of amides is 1. The molecule has 0 aromatic carbocycles. The molecule has 0 aromatic rings. The normalized spacial score (nSPS) is 47.7. The molecule has 47 heteroatoms. The first kappa shape index (κ1) is 117. The van der Waals surface area contributed by atoms with Crippen molar-refractivity contribution < 1.29 is 227 Å². The van der Waals surface area contributed by atoms with Crippen LogP contribution in [0.5, 0.6) is 0 Å². The van der Waals surface area contributed by atoms with Crippen LogP contribution in [0.4, 0.5) is 0 Å². The number of allylic oxidation sites excluding steroid dienone is 4. The van der Waals surface area contributed by atoms with Crippen molar-refractivity contribution in [3.8, 4) is 0 Å². The first-order valence-corrected chi connectivity index (χ1v) is 50.0. The van der Waals surface area contributed by atoms with Gasteiger partial charge in [0.1, 0.15) is 170 Å². The quantitative estimate of drug-likeness (QED) is 0.00924. The van der Waals surface area contributed by atoms with E-state index in [2.05, 4.69) is 38.4 Å². The molecule has 5 aliphatic carbocycles. The van der Waals surface area contributed by atoms with E-state index in [4.69, 9.17) is 85.3 Å². The highest BCUT2D eigenvalue weighted by Gasteiger charge is 2.74. The first-order valence-electron chi connectivity index (χ1n) is 50.0. The fourth-order valence-corrected chi connectivity index (χ4v) is 24.7. The summed E-state index contributed by atoms with van der Waals surface area (Å²) in [5, 5.41) is 272. The Labute approximate surface area is 839 Å². The van der Waals surface area contributed by atoms with E-state index >= 15 is 9.59 Å². The average molecular weight is 2080 g/mol. The van der Waals surface area contributed by atoms with E-state index in [-0.39, 0.29) is 61.5 Å². The Morgan fingerprint density at radius 2 is 0.993 bits per heavy atom. The molecule has 0 unspecified atom stereocenters. The minimum absolute atomic E-state index is 0.0347. The van der Waals surface area contributed by atoms with E-state index in [1.807, 2.05) is 20.8 Å². The third-order valence-corrected chi connectivity index (χ3v) is 34.0. The van der Waals surface area contributed by atoms with Crippen molar-refractivity contribution in [1.29, 1.82) is 0 Å². The van der Waals surface area contributed by atoms with Crippen molar-refractivity contribution >= 4 is 23.8 Å². The number of carbonyl (C=O) groups excluding carboxylic acids is 4. The molecule has 8 aliphatic heterocycles. The van der Waals surface area contributed by atoms with Crippen LogP contribution in [0.25, 0.3) is 0 Å². The smallest absolute Gasteiger partial charge is 0.336 e. The minimum Gasteiger partial charge on any atom is -0.458 e. The molecular weight excluding hydrogens is 1930 g/mol.